The number of nitrogens with zero attached hydrogens (tertiary/aromatic N) is 18. The molecule has 0 aliphatic heterocycles. The van der Waals surface area contributed by atoms with E-state index in [9.17, 15) is 4.79 Å². The predicted molar refractivity (Wildman–Crippen MR) is 308 cm³/mol. The van der Waals surface area contributed by atoms with Crippen molar-refractivity contribution in [1.82, 2.24) is 89.7 Å². The van der Waals surface area contributed by atoms with Crippen molar-refractivity contribution in [3.05, 3.63) is 12.2 Å². The number of carbonyl (C=O) groups is 1. The molecule has 0 amide bonds. The summed E-state index contributed by atoms with van der Waals surface area (Å²) in [5.74, 6) is 5.64. The van der Waals surface area contributed by atoms with E-state index in [1.165, 1.54) is 18.1 Å². The summed E-state index contributed by atoms with van der Waals surface area (Å²) >= 11 is 5.82. The Morgan fingerprint density at radius 3 is 1.04 bits per heavy atom. The number of nitrogens with one attached hydrogen (secondary N) is 14. The first-order valence-corrected chi connectivity index (χ1v) is 26.6. The Kier molecular flexibility index (Phi) is 25.1. The average Bonchev–Trinajstić information content (AvgIpc) is 3.43. The molecule has 6 aromatic heterocycles. The van der Waals surface area contributed by atoms with Crippen LogP contribution in [0.4, 0.5) is 89.2 Å². The molecule has 0 atom stereocenters. The monoisotopic (exact) mass is 1130 g/mol. The van der Waals surface area contributed by atoms with Gasteiger partial charge in [0.2, 0.25) is 89.2 Å². The van der Waals surface area contributed by atoms with Crippen molar-refractivity contribution in [2.24, 2.45) is 11.5 Å². The van der Waals surface area contributed by atoms with E-state index in [2.05, 4.69) is 177 Å². The molecule has 79 heavy (non-hydrogen) atoms. The lowest BCUT2D eigenvalue weighted by Crippen LogP contribution is -2.22. The normalized spacial score (nSPS) is 10.7. The second-order valence-corrected chi connectivity index (χ2v) is 17.4. The van der Waals surface area contributed by atoms with Gasteiger partial charge in [0.25, 0.3) is 0 Å². The van der Waals surface area contributed by atoms with Gasteiger partial charge in [-0.25, -0.2) is 9.97 Å². The van der Waals surface area contributed by atoms with Gasteiger partial charge < -0.3 is 96.7 Å². The van der Waals surface area contributed by atoms with Crippen molar-refractivity contribution in [2.75, 3.05) is 196 Å². The van der Waals surface area contributed by atoms with Crippen molar-refractivity contribution >= 4 is 120 Å². The van der Waals surface area contributed by atoms with Gasteiger partial charge in [-0.2, -0.15) is 92.4 Å². The summed E-state index contributed by atoms with van der Waals surface area (Å²) in [6, 6.07) is 0. The molecule has 37 nitrogen and oxygen atoms in total. The molecule has 0 aromatic carbocycles. The number of thioether (sulfide) groups is 1. The number of thiol groups is 1. The quantitative estimate of drug-likeness (QED) is 0.0117. The molecule has 6 rings (SSSR count). The Balaban J connectivity index is 0.943. The summed E-state index contributed by atoms with van der Waals surface area (Å²) < 4.78 is 0. The van der Waals surface area contributed by atoms with Crippen LogP contribution in [0.1, 0.15) is 19.2 Å². The van der Waals surface area contributed by atoms with Gasteiger partial charge in [-0.3, -0.25) is 4.79 Å². The molecule has 0 fully saturated rings. The van der Waals surface area contributed by atoms with E-state index < -0.39 is 5.97 Å². The van der Waals surface area contributed by atoms with E-state index in [0.29, 0.717) is 180 Å². The summed E-state index contributed by atoms with van der Waals surface area (Å²) in [5.41, 5.74) is 17.1. The molecule has 0 radical (unpaired) electrons. The van der Waals surface area contributed by atoms with E-state index >= 15 is 0 Å². The molecule has 0 bridgehead atoms. The lowest BCUT2D eigenvalue weighted by Gasteiger charge is -2.13. The van der Waals surface area contributed by atoms with Crippen LogP contribution in [-0.4, -0.2) is 217 Å². The zero-order chi connectivity index (χ0) is 55.9. The third kappa shape index (κ3) is 22.7. The van der Waals surface area contributed by atoms with Crippen LogP contribution in [0.2, 0.25) is 0 Å². The molecular formula is C40H67N35O2S2. The first-order chi connectivity index (χ1) is 38.6. The van der Waals surface area contributed by atoms with Gasteiger partial charge in [0.15, 0.2) is 5.16 Å². The minimum absolute atomic E-state index is 0.110. The van der Waals surface area contributed by atoms with Gasteiger partial charge in [-0.05, 0) is 12.7 Å². The van der Waals surface area contributed by atoms with E-state index in [0.717, 1.165) is 5.75 Å². The van der Waals surface area contributed by atoms with Gasteiger partial charge in [-0.15, -0.1) is 0 Å². The summed E-state index contributed by atoms with van der Waals surface area (Å²) in [6.07, 6.45) is 1.26. The Morgan fingerprint density at radius 1 is 0.430 bits per heavy atom. The van der Waals surface area contributed by atoms with Crippen LogP contribution < -0.4 is 91.6 Å². The molecular weight excluding hydrogens is 1070 g/mol. The zero-order valence-corrected chi connectivity index (χ0v) is 45.2. The molecule has 6 aromatic rings. The minimum atomic E-state index is -0.962. The minimum Gasteiger partial charge on any atom is -0.481 e. The maximum absolute atomic E-state index is 11.1. The average molecular weight is 1130 g/mol. The van der Waals surface area contributed by atoms with Crippen molar-refractivity contribution < 1.29 is 9.90 Å². The van der Waals surface area contributed by atoms with Crippen LogP contribution >= 0.6 is 24.4 Å². The summed E-state index contributed by atoms with van der Waals surface area (Å²) in [7, 11) is 0. The van der Waals surface area contributed by atoms with E-state index in [1.54, 1.807) is 6.92 Å². The summed E-state index contributed by atoms with van der Waals surface area (Å²) in [5, 5.41) is 53.7. The topological polar surface area (TPSA) is 516 Å². The van der Waals surface area contributed by atoms with Crippen molar-refractivity contribution in [2.45, 2.75) is 25.4 Å². The zero-order valence-electron chi connectivity index (χ0n) is 43.5. The molecule has 0 aliphatic rings. The Labute approximate surface area is 463 Å². The predicted octanol–water partition coefficient (Wildman–Crippen LogP) is -1.61. The summed E-state index contributed by atoms with van der Waals surface area (Å²) in [4.78, 5) is 89.8. The number of hydrogen-bond donors (Lipinski definition) is 19. The number of aromatic nitrogens is 18. The van der Waals surface area contributed by atoms with Crippen LogP contribution in [0.15, 0.2) is 11.5 Å². The number of aliphatic carboxylic acids is 1. The fourth-order valence-corrected chi connectivity index (χ4v) is 6.83. The third-order valence-electron chi connectivity index (χ3n) is 9.46. The molecule has 426 valence electrons. The van der Waals surface area contributed by atoms with Crippen molar-refractivity contribution in [1.29, 1.82) is 0 Å². The maximum Gasteiger partial charge on any atom is 0.305 e. The van der Waals surface area contributed by atoms with Crippen LogP contribution in [0.3, 0.4) is 0 Å². The van der Waals surface area contributed by atoms with Gasteiger partial charge in [0, 0.05) is 110 Å². The van der Waals surface area contributed by atoms with E-state index in [1.807, 2.05) is 6.92 Å². The highest BCUT2D eigenvalue weighted by atomic mass is 32.2. The number of carboxylic acids is 1. The number of nitrogens with two attached hydrogens (primary N) is 3. The number of carboxylic acid groups (broad SMARTS) is 1. The highest BCUT2D eigenvalue weighted by Gasteiger charge is 2.12. The highest BCUT2D eigenvalue weighted by molar-refractivity contribution is 7.99. The van der Waals surface area contributed by atoms with Gasteiger partial charge >= 0.3 is 5.97 Å². The molecule has 0 spiro atoms. The molecule has 0 saturated heterocycles. The largest absolute Gasteiger partial charge is 0.481 e. The van der Waals surface area contributed by atoms with Crippen molar-refractivity contribution in [3.8, 4) is 0 Å². The highest BCUT2D eigenvalue weighted by Crippen LogP contribution is 2.17. The molecule has 6 heterocycles. The number of nitrogen functional groups attached to an aromatic ring is 1. The standard InChI is InChI=1S/C40H67N35O2S2/c1-3-79-40-74-38(46-9-6-42)73-39(75-40)56-19-18-55-34-67-30(45-8-5-41)66-33(69-34)53-16-17-54-36-70-35(71-37(72-36)57-20-21-78)51-13-11-48-27-59-22-58-26(63-27)47-10-12-50-31-64-29(44-7-4-24(76)77)65-32(68-31)52-15-14-49-28-61-23(2)60-25(43)62-28/h22,78H,3-21,41-42H2,1-2H3,(H,76,77)(H3,43,49,60,61,62)(H2,46,56,73,74,75)(H2,47,48,58,59,63)(H3,44,50,52,64,65,68)(H3,45,53,55,66,67,69)(H3,51,54,57,70,71,72). The van der Waals surface area contributed by atoms with E-state index in [4.69, 9.17) is 22.3 Å². The lowest BCUT2D eigenvalue weighted by molar-refractivity contribution is -0.136. The van der Waals surface area contributed by atoms with Crippen molar-refractivity contribution in [3.63, 3.8) is 0 Å². The second kappa shape index (κ2) is 33.3. The maximum atomic E-state index is 11.1. The number of aryl methyl sites for hydroxylation is 1. The van der Waals surface area contributed by atoms with Gasteiger partial charge in [0.05, 0.1) is 6.42 Å². The summed E-state index contributed by atoms with van der Waals surface area (Å²) in [6.45, 7) is 10.2. The Bertz CT molecular complexity index is 2770. The van der Waals surface area contributed by atoms with Crippen LogP contribution in [0.5, 0.6) is 0 Å². The van der Waals surface area contributed by atoms with Crippen LogP contribution in [0.25, 0.3) is 0 Å². The second-order valence-electron chi connectivity index (χ2n) is 15.7. The number of hydrogen-bond acceptors (Lipinski definition) is 38. The molecule has 0 unspecified atom stereocenters. The number of rotatable bonds is 40. The SMILES string of the molecule is CCSc1nc(NCCN)nc(NCCNc2nc(NCCN)nc(NCCNc3nc(NCCS)nc(NCCNc4ncnc(NCCNc5nc(NCCNc6nc(C)nc(N)n6)nc(NCCC(=O)O)n5)n4)n3)n2)n1. The van der Waals surface area contributed by atoms with Gasteiger partial charge in [-0.1, -0.05) is 18.7 Å². The smallest absolute Gasteiger partial charge is 0.305 e. The Morgan fingerprint density at radius 2 is 0.722 bits per heavy atom. The first-order valence-electron chi connectivity index (χ1n) is 25.0. The molecule has 39 heteroatoms. The lowest BCUT2D eigenvalue weighted by atomic mass is 10.4. The molecule has 21 N–H and O–H groups in total. The number of anilines is 15. The Hall–Kier alpha value is -8.85. The first kappa shape index (κ1) is 59.4. The van der Waals surface area contributed by atoms with Crippen LogP contribution in [-0.2, 0) is 4.79 Å². The van der Waals surface area contributed by atoms with Gasteiger partial charge in [0.1, 0.15) is 12.2 Å². The van der Waals surface area contributed by atoms with E-state index in [-0.39, 0.29) is 36.8 Å². The fourth-order valence-electron chi connectivity index (χ4n) is 6.16. The molecule has 0 aliphatic carbocycles. The fraction of sp³-hybridized carbons (Fsp3) is 0.525. The van der Waals surface area contributed by atoms with Crippen LogP contribution in [0, 0.1) is 6.92 Å². The third-order valence-corrected chi connectivity index (χ3v) is 10.4. The molecule has 0 saturated carbocycles.